The molecule has 12 aliphatic carbocycles. The summed E-state index contributed by atoms with van der Waals surface area (Å²) >= 11 is 0. The first-order chi connectivity index (χ1) is 74.6. The quantitative estimate of drug-likeness (QED) is 0.0449. The van der Waals surface area contributed by atoms with Gasteiger partial charge in [0.1, 0.15) is 82.7 Å². The molecule has 6 nitrogen and oxygen atoms in total. The number of rotatable bonds is 19. The molecular formula is C122H153F7N6. The van der Waals surface area contributed by atoms with Gasteiger partial charge in [0.05, 0.1) is 27.8 Å². The standard InChI is InChI=1S/C22H30FN.C21H26FN.C20H25F2N.C20H26FN.C20H24FN.C19H22FN/c1-2-3-4-5-16-6-7-18-13-19(9-8-17(18)12-16)20-10-11-21(15-24)22(23)14-20;1-2-3-4-15-5-6-17-12-18(8-7-16(17)11-15)19-9-10-20(14-23)21(22)13-19;1-2-3-13-4-5-15-9-16(7-6-14(15)8-13)17-10-19(21)18(12-23)20(22)11-17;2*1-2-3-14-4-5-16-11-17(7-6-15(16)10-14)18-8-9-19(13-22)20(21)12-18;1-2-13-3-4-15-10-16(6-5-14(15)9-13)17-7-8-18(12-21)19(20)11-17/h10-11,14,16-19H,2-9,12-13H2,1H3;2,9-10,13,15-18H,1,3-8,11-12H2;10-11,13-16H,2-9H2,1H3;8-9,12,14-17H,2-7,10-11H2,1H3;2-3,8-9,12,14-17H,4-7,10-11H2,1H3;2,7-8,11,13-16H,1,3-6,9-10H2/b;;;;3-2+;/i9D2,13D2;8D2,12D2;7D2,9D2;2*7D2,11D2;6D2,10D2. The fraction of sp³-hybridized carbons (Fsp3) is 0.607. The highest BCUT2D eigenvalue weighted by atomic mass is 19.2. The largest absolute Gasteiger partial charge is 0.206 e. The normalized spacial score (nSPS) is 38.0. The molecule has 0 N–H and O–H groups in total. The van der Waals surface area contributed by atoms with Crippen LogP contribution in [0.4, 0.5) is 30.7 Å². The van der Waals surface area contributed by atoms with Gasteiger partial charge in [-0.25, -0.2) is 30.7 Å². The van der Waals surface area contributed by atoms with Gasteiger partial charge in [-0.3, -0.25) is 0 Å². The summed E-state index contributed by atoms with van der Waals surface area (Å²) in [6, 6.07) is 32.1. The van der Waals surface area contributed by atoms with Crippen molar-refractivity contribution in [3.63, 3.8) is 0 Å². The summed E-state index contributed by atoms with van der Waals surface area (Å²) in [4.78, 5) is 0. The Morgan fingerprint density at radius 1 is 0.304 bits per heavy atom. The van der Waals surface area contributed by atoms with Crippen molar-refractivity contribution in [1.82, 2.24) is 0 Å². The Morgan fingerprint density at radius 3 is 0.852 bits per heavy atom. The van der Waals surface area contributed by atoms with Crippen molar-refractivity contribution >= 4 is 0 Å². The van der Waals surface area contributed by atoms with E-state index in [1.807, 2.05) is 25.2 Å². The fourth-order valence-electron chi connectivity index (χ4n) is 23.7. The maximum absolute atomic E-state index is 14.2. The van der Waals surface area contributed by atoms with Crippen LogP contribution >= 0.6 is 0 Å². The molecule has 6 aromatic carbocycles. The van der Waals surface area contributed by atoms with E-state index in [2.05, 4.69) is 40.0 Å². The third kappa shape index (κ3) is 28.0. The molecule has 18 rings (SSSR count). The zero-order valence-corrected chi connectivity index (χ0v) is 79.3. The fourth-order valence-corrected chi connectivity index (χ4v) is 23.7. The monoisotopic (exact) mass is 1860 g/mol. The number of hydrogen-bond acceptors (Lipinski definition) is 6. The second kappa shape index (κ2) is 51.6. The minimum atomic E-state index is -1.91. The minimum absolute atomic E-state index is 0.00516. The van der Waals surface area contributed by atoms with Crippen molar-refractivity contribution in [1.29, 1.82) is 31.6 Å². The smallest absolute Gasteiger partial charge is 0.144 e. The molecule has 13 heteroatoms. The topological polar surface area (TPSA) is 143 Å². The van der Waals surface area contributed by atoms with Crippen LogP contribution in [0, 0.1) is 215 Å². The molecule has 0 amide bonds. The van der Waals surface area contributed by atoms with Crippen LogP contribution in [-0.2, 0) is 0 Å². The molecule has 12 saturated carbocycles. The summed E-state index contributed by atoms with van der Waals surface area (Å²) in [6.07, 6.45) is 14.5. The first kappa shape index (κ1) is 75.0. The number of benzene rings is 6. The van der Waals surface area contributed by atoms with Crippen molar-refractivity contribution < 1.29 is 63.6 Å². The van der Waals surface area contributed by atoms with E-state index in [9.17, 15) is 30.7 Å². The van der Waals surface area contributed by atoms with Gasteiger partial charge in [0, 0.05) is 32.9 Å². The molecule has 0 spiro atoms. The molecule has 720 valence electrons. The lowest BCUT2D eigenvalue weighted by Gasteiger charge is -2.42. The summed E-state index contributed by atoms with van der Waals surface area (Å²) in [5, 5.41) is 53.4. The second-order valence-electron chi connectivity index (χ2n) is 40.0. The summed E-state index contributed by atoms with van der Waals surface area (Å²) in [7, 11) is 0. The molecule has 12 fully saturated rings. The van der Waals surface area contributed by atoms with Gasteiger partial charge in [-0.1, -0.05) is 152 Å². The Labute approximate surface area is 840 Å². The molecule has 0 bridgehead atoms. The van der Waals surface area contributed by atoms with Crippen LogP contribution in [0.2, 0.25) is 0 Å². The Bertz CT molecular complexity index is 6370. The number of allylic oxidation sites excluding steroid dienone is 4. The maximum Gasteiger partial charge on any atom is 0.144 e. The van der Waals surface area contributed by atoms with E-state index < -0.39 is 158 Å². The van der Waals surface area contributed by atoms with E-state index in [-0.39, 0.29) is 124 Å². The molecule has 24 atom stereocenters. The highest BCUT2D eigenvalue weighted by molar-refractivity contribution is 5.41. The molecule has 0 aliphatic heterocycles. The Hall–Kier alpha value is -9.01. The lowest BCUT2D eigenvalue weighted by molar-refractivity contribution is 0.113. The third-order valence-electron chi connectivity index (χ3n) is 31.1. The van der Waals surface area contributed by atoms with Gasteiger partial charge in [-0.15, -0.1) is 13.2 Å². The van der Waals surface area contributed by atoms with Crippen LogP contribution in [0.3, 0.4) is 0 Å². The van der Waals surface area contributed by atoms with Crippen molar-refractivity contribution in [3.8, 4) is 36.4 Å². The molecule has 0 saturated heterocycles. The first-order valence-electron chi connectivity index (χ1n) is 62.4. The molecule has 0 heterocycles. The predicted molar refractivity (Wildman–Crippen MR) is 531 cm³/mol. The molecule has 0 aromatic heterocycles. The zero-order valence-electron chi connectivity index (χ0n) is 103. The van der Waals surface area contributed by atoms with E-state index in [0.29, 0.717) is 95.4 Å². The first-order valence-corrected chi connectivity index (χ1v) is 50.4. The lowest BCUT2D eigenvalue weighted by atomic mass is 9.63. The predicted octanol–water partition coefficient (Wildman–Crippen LogP) is 35.0. The van der Waals surface area contributed by atoms with Crippen LogP contribution in [0.5, 0.6) is 0 Å². The highest BCUT2D eigenvalue weighted by Crippen LogP contribution is 2.56. The number of halogens is 7. The van der Waals surface area contributed by atoms with Crippen LogP contribution < -0.4 is 0 Å². The van der Waals surface area contributed by atoms with Gasteiger partial charge >= 0.3 is 0 Å². The SMILES string of the molecule is [2H]C1([2H])CC2CC(/C=C/C)CCC2C([2H])([2H])C1c1ccc(C#N)c(F)c1.[2H]C1([2H])CC2CC(C=C)CCC2C([2H])([2H])C1c1ccc(C#N)c(F)c1.[2H]C1([2H])CC2CC(CCC)CCC2C([2H])([2H])C1c1cc(F)c(C#N)c(F)c1.[2H]C1([2H])CC2CC(CCC)CCC2C([2H])([2H])C1c1ccc(C#N)c(F)c1.[2H]C1([2H])CC2CC(CCC=C)CCC2C([2H])([2H])C1c1ccc(C#N)c(F)c1.[2H]C1([2H])CC2CC(CCCCC)CCC2C([2H])([2H])C1c1ccc(C#N)c(F)c1. The number of nitriles is 6. The summed E-state index contributed by atoms with van der Waals surface area (Å²) in [6.45, 7) is 16.0. The van der Waals surface area contributed by atoms with Crippen molar-refractivity contribution in [2.45, 2.75) is 358 Å². The number of fused-ring (bicyclic) bond motifs is 6. The van der Waals surface area contributed by atoms with Gasteiger partial charge in [0.2, 0.25) is 0 Å². The van der Waals surface area contributed by atoms with Crippen molar-refractivity contribution in [3.05, 3.63) is 248 Å². The molecule has 135 heavy (non-hydrogen) atoms. The summed E-state index contributed by atoms with van der Waals surface area (Å²) in [5.74, 6) is -10.6. The summed E-state index contributed by atoms with van der Waals surface area (Å²) < 4.78 is 307. The number of unbranched alkanes of at least 4 members (excludes halogenated alkanes) is 2. The van der Waals surface area contributed by atoms with E-state index in [1.165, 1.54) is 86.0 Å². The van der Waals surface area contributed by atoms with Gasteiger partial charge in [0.25, 0.3) is 0 Å². The molecule has 0 radical (unpaired) electrons. The Morgan fingerprint density at radius 2 is 0.578 bits per heavy atom. The molecule has 6 aromatic rings. The number of hydrogen-bond donors (Lipinski definition) is 0. The van der Waals surface area contributed by atoms with Crippen LogP contribution in [-0.4, -0.2) is 0 Å². The van der Waals surface area contributed by atoms with Crippen LogP contribution in [0.1, 0.15) is 458 Å². The second-order valence-corrected chi connectivity index (χ2v) is 40.0. The average Bonchev–Trinajstić information content (AvgIpc) is 0.753. The average molecular weight is 1860 g/mol. The van der Waals surface area contributed by atoms with Crippen LogP contribution in [0.25, 0.3) is 0 Å². The Kier molecular flexibility index (Phi) is 28.7. The Balaban J connectivity index is 0.000000158. The highest BCUT2D eigenvalue weighted by Gasteiger charge is 2.43. The third-order valence-corrected chi connectivity index (χ3v) is 31.1. The van der Waals surface area contributed by atoms with Gasteiger partial charge in [0.15, 0.2) is 0 Å². The van der Waals surface area contributed by atoms with E-state index in [0.717, 1.165) is 190 Å². The molecular weight excluding hydrogens is 1680 g/mol. The van der Waals surface area contributed by atoms with Crippen molar-refractivity contribution in [2.24, 2.45) is 107 Å². The van der Waals surface area contributed by atoms with Gasteiger partial charge in [-0.05, 0) is 473 Å². The van der Waals surface area contributed by atoms with E-state index in [4.69, 9.17) is 64.5 Å². The zero-order chi connectivity index (χ0) is 117. The van der Waals surface area contributed by atoms with Gasteiger partial charge in [-0.2, -0.15) is 31.6 Å². The van der Waals surface area contributed by atoms with Crippen LogP contribution in [0.15, 0.2) is 141 Å². The molecule has 12 aliphatic rings. The summed E-state index contributed by atoms with van der Waals surface area (Å²) in [5.41, 5.74) is 0.337. The number of nitrogens with zero attached hydrogens (tertiary/aromatic N) is 6. The minimum Gasteiger partial charge on any atom is -0.206 e. The van der Waals surface area contributed by atoms with E-state index >= 15 is 0 Å². The lowest BCUT2D eigenvalue weighted by Crippen LogP contribution is -2.30. The van der Waals surface area contributed by atoms with Crippen molar-refractivity contribution in [2.75, 3.05) is 0 Å². The van der Waals surface area contributed by atoms with E-state index in [1.54, 1.807) is 30.3 Å². The molecule has 24 unspecified atom stereocenters. The maximum atomic E-state index is 14.2. The van der Waals surface area contributed by atoms with Gasteiger partial charge < -0.3 is 0 Å².